The van der Waals surface area contributed by atoms with E-state index in [9.17, 15) is 5.26 Å². The normalized spacial score (nSPS) is 11.4. The SMILES string of the molecule is N#Cc1ccc(-c2cccc(-c3ccc(-n4c5ccccc5c5cc(-c6ccc7c(c6)c6ccccc6n7-c6ccccc6)ccc54)cc3)c2)cc1. The Bertz CT molecular complexity index is 2990. The van der Waals surface area contributed by atoms with E-state index in [1.165, 1.54) is 60.4 Å². The standard InChI is InChI=1S/C49H31N3/c50-32-33-17-19-34(20-18-33)36-9-8-10-37(29-36)35-21-25-41(26-22-35)52-47-16-7-5-14-43(47)45-31-39(24-28-49(45)52)38-23-27-48-44(30-38)42-13-4-6-15-46(42)51(48)40-11-2-1-3-12-40/h1-31H. The lowest BCUT2D eigenvalue weighted by Crippen LogP contribution is -1.94. The molecular weight excluding hydrogens is 631 g/mol. The maximum absolute atomic E-state index is 9.20. The molecule has 0 aliphatic carbocycles. The lowest BCUT2D eigenvalue weighted by molar-refractivity contribution is 1.18. The van der Waals surface area contributed by atoms with Gasteiger partial charge in [-0.15, -0.1) is 0 Å². The average Bonchev–Trinajstić information content (AvgIpc) is 3.73. The average molecular weight is 662 g/mol. The highest BCUT2D eigenvalue weighted by Gasteiger charge is 2.16. The van der Waals surface area contributed by atoms with Gasteiger partial charge in [-0.25, -0.2) is 0 Å². The molecule has 0 saturated heterocycles. The first kappa shape index (κ1) is 29.7. The molecule has 2 heterocycles. The topological polar surface area (TPSA) is 33.6 Å². The molecule has 10 rings (SSSR count). The van der Waals surface area contributed by atoms with Crippen LogP contribution in [0.3, 0.4) is 0 Å². The minimum atomic E-state index is 0.668. The van der Waals surface area contributed by atoms with Crippen molar-refractivity contribution in [3.05, 3.63) is 194 Å². The van der Waals surface area contributed by atoms with E-state index in [4.69, 9.17) is 0 Å². The first-order valence-corrected chi connectivity index (χ1v) is 17.6. The smallest absolute Gasteiger partial charge is 0.0991 e. The van der Waals surface area contributed by atoms with Crippen molar-refractivity contribution in [2.45, 2.75) is 0 Å². The first-order chi connectivity index (χ1) is 25.7. The Balaban J connectivity index is 1.05. The van der Waals surface area contributed by atoms with Crippen LogP contribution in [0.5, 0.6) is 0 Å². The lowest BCUT2D eigenvalue weighted by Gasteiger charge is -2.11. The van der Waals surface area contributed by atoms with Crippen LogP contribution in [0.1, 0.15) is 5.56 Å². The van der Waals surface area contributed by atoms with Crippen molar-refractivity contribution in [2.75, 3.05) is 0 Å². The summed E-state index contributed by atoms with van der Waals surface area (Å²) in [4.78, 5) is 0. The van der Waals surface area contributed by atoms with Gasteiger partial charge in [0.1, 0.15) is 0 Å². The molecule has 0 saturated carbocycles. The molecule has 3 nitrogen and oxygen atoms in total. The van der Waals surface area contributed by atoms with E-state index < -0.39 is 0 Å². The van der Waals surface area contributed by atoms with Gasteiger partial charge in [0.05, 0.1) is 33.7 Å². The molecule has 8 aromatic carbocycles. The number of fused-ring (bicyclic) bond motifs is 6. The second-order valence-electron chi connectivity index (χ2n) is 13.3. The summed E-state index contributed by atoms with van der Waals surface area (Å²) in [5.41, 5.74) is 14.7. The molecule has 10 aromatic rings. The molecule has 0 amide bonds. The summed E-state index contributed by atoms with van der Waals surface area (Å²) < 4.78 is 4.74. The summed E-state index contributed by atoms with van der Waals surface area (Å²) >= 11 is 0. The fourth-order valence-corrected chi connectivity index (χ4v) is 7.86. The van der Waals surface area contributed by atoms with Crippen molar-refractivity contribution in [2.24, 2.45) is 0 Å². The van der Waals surface area contributed by atoms with E-state index in [0.29, 0.717) is 5.56 Å². The third kappa shape index (κ3) is 4.81. The third-order valence-electron chi connectivity index (χ3n) is 10.4. The van der Waals surface area contributed by atoms with Crippen LogP contribution < -0.4 is 0 Å². The molecule has 0 aliphatic heterocycles. The second kappa shape index (κ2) is 12.0. The number of hydrogen-bond donors (Lipinski definition) is 0. The zero-order chi connectivity index (χ0) is 34.6. The molecule has 2 aromatic heterocycles. The fourth-order valence-electron chi connectivity index (χ4n) is 7.86. The van der Waals surface area contributed by atoms with E-state index in [2.05, 4.69) is 179 Å². The van der Waals surface area contributed by atoms with Crippen LogP contribution >= 0.6 is 0 Å². The maximum atomic E-state index is 9.20. The third-order valence-corrected chi connectivity index (χ3v) is 10.4. The van der Waals surface area contributed by atoms with Gasteiger partial charge in [-0.3, -0.25) is 0 Å². The largest absolute Gasteiger partial charge is 0.309 e. The Morgan fingerprint density at radius 3 is 1.27 bits per heavy atom. The van der Waals surface area contributed by atoms with Gasteiger partial charge in [-0.05, 0) is 112 Å². The van der Waals surface area contributed by atoms with Crippen LogP contribution in [0.2, 0.25) is 0 Å². The van der Waals surface area contributed by atoms with Crippen molar-refractivity contribution < 1.29 is 0 Å². The Morgan fingerprint density at radius 1 is 0.308 bits per heavy atom. The minimum Gasteiger partial charge on any atom is -0.309 e. The first-order valence-electron chi connectivity index (χ1n) is 17.6. The van der Waals surface area contributed by atoms with Crippen LogP contribution in [0, 0.1) is 11.3 Å². The number of aromatic nitrogens is 2. The molecule has 0 radical (unpaired) electrons. The molecule has 0 unspecified atom stereocenters. The van der Waals surface area contributed by atoms with Crippen LogP contribution in [-0.4, -0.2) is 9.13 Å². The molecule has 242 valence electrons. The highest BCUT2D eigenvalue weighted by molar-refractivity contribution is 6.12. The summed E-state index contributed by atoms with van der Waals surface area (Å²) in [5.74, 6) is 0. The van der Waals surface area contributed by atoms with Crippen molar-refractivity contribution in [3.8, 4) is 50.8 Å². The van der Waals surface area contributed by atoms with Crippen LogP contribution in [0.15, 0.2) is 188 Å². The molecule has 0 bridgehead atoms. The van der Waals surface area contributed by atoms with Crippen molar-refractivity contribution >= 4 is 43.6 Å². The van der Waals surface area contributed by atoms with Crippen LogP contribution in [0.25, 0.3) is 88.4 Å². The Kier molecular flexibility index (Phi) is 6.87. The molecule has 0 spiro atoms. The quantitative estimate of drug-likeness (QED) is 0.181. The van der Waals surface area contributed by atoms with Gasteiger partial charge in [-0.2, -0.15) is 5.26 Å². The molecule has 0 N–H and O–H groups in total. The van der Waals surface area contributed by atoms with Gasteiger partial charge in [-0.1, -0.05) is 109 Å². The summed E-state index contributed by atoms with van der Waals surface area (Å²) in [7, 11) is 0. The second-order valence-corrected chi connectivity index (χ2v) is 13.3. The molecular formula is C49H31N3. The van der Waals surface area contributed by atoms with E-state index in [0.717, 1.165) is 27.9 Å². The Hall–Kier alpha value is -7.15. The number of nitrogens with zero attached hydrogens (tertiary/aromatic N) is 3. The van der Waals surface area contributed by atoms with E-state index in [-0.39, 0.29) is 0 Å². The van der Waals surface area contributed by atoms with Gasteiger partial charge in [0.15, 0.2) is 0 Å². The zero-order valence-corrected chi connectivity index (χ0v) is 28.2. The number of benzene rings is 8. The highest BCUT2D eigenvalue weighted by atomic mass is 15.0. The van der Waals surface area contributed by atoms with Crippen molar-refractivity contribution in [3.63, 3.8) is 0 Å². The van der Waals surface area contributed by atoms with Gasteiger partial charge in [0.25, 0.3) is 0 Å². The molecule has 0 aliphatic rings. The molecule has 3 heteroatoms. The van der Waals surface area contributed by atoms with E-state index in [1.54, 1.807) is 0 Å². The van der Waals surface area contributed by atoms with Crippen molar-refractivity contribution in [1.82, 2.24) is 9.13 Å². The van der Waals surface area contributed by atoms with Gasteiger partial charge >= 0.3 is 0 Å². The maximum Gasteiger partial charge on any atom is 0.0991 e. The van der Waals surface area contributed by atoms with Crippen LogP contribution in [-0.2, 0) is 0 Å². The molecule has 0 fully saturated rings. The van der Waals surface area contributed by atoms with Crippen molar-refractivity contribution in [1.29, 1.82) is 5.26 Å². The lowest BCUT2D eigenvalue weighted by atomic mass is 9.98. The van der Waals surface area contributed by atoms with E-state index in [1.807, 2.05) is 24.3 Å². The summed E-state index contributed by atoms with van der Waals surface area (Å²) in [6, 6.07) is 69.2. The predicted octanol–water partition coefficient (Wildman–Crippen LogP) is 12.8. The number of hydrogen-bond acceptors (Lipinski definition) is 1. The Morgan fingerprint density at radius 2 is 0.731 bits per heavy atom. The van der Waals surface area contributed by atoms with Crippen LogP contribution in [0.4, 0.5) is 0 Å². The Labute approximate surface area is 301 Å². The fraction of sp³-hybridized carbons (Fsp3) is 0. The summed E-state index contributed by atoms with van der Waals surface area (Å²) in [6.07, 6.45) is 0. The van der Waals surface area contributed by atoms with Gasteiger partial charge in [0.2, 0.25) is 0 Å². The predicted molar refractivity (Wildman–Crippen MR) is 216 cm³/mol. The minimum absolute atomic E-state index is 0.668. The van der Waals surface area contributed by atoms with Gasteiger partial charge in [0, 0.05) is 32.9 Å². The number of nitriles is 1. The monoisotopic (exact) mass is 661 g/mol. The molecule has 52 heavy (non-hydrogen) atoms. The summed E-state index contributed by atoms with van der Waals surface area (Å²) in [5, 5.41) is 14.2. The number of para-hydroxylation sites is 3. The molecule has 0 atom stereocenters. The highest BCUT2D eigenvalue weighted by Crippen LogP contribution is 2.38. The van der Waals surface area contributed by atoms with Gasteiger partial charge < -0.3 is 9.13 Å². The summed E-state index contributed by atoms with van der Waals surface area (Å²) in [6.45, 7) is 0. The number of rotatable bonds is 5. The van der Waals surface area contributed by atoms with E-state index >= 15 is 0 Å². The zero-order valence-electron chi connectivity index (χ0n) is 28.2.